The van der Waals surface area contributed by atoms with E-state index in [0.717, 1.165) is 28.4 Å². The van der Waals surface area contributed by atoms with Crippen molar-refractivity contribution in [3.8, 4) is 5.75 Å². The summed E-state index contributed by atoms with van der Waals surface area (Å²) in [6.45, 7) is 0.502. The molecule has 26 heavy (non-hydrogen) atoms. The Kier molecular flexibility index (Phi) is 4.46. The molecule has 2 aliphatic rings. The van der Waals surface area contributed by atoms with Crippen LogP contribution in [0.4, 0.5) is 4.79 Å². The first kappa shape index (κ1) is 16.8. The number of nitrogens with zero attached hydrogens (tertiary/aromatic N) is 2. The maximum atomic E-state index is 13.0. The molecule has 7 heteroatoms. The molecule has 1 saturated heterocycles. The van der Waals surface area contributed by atoms with Crippen molar-refractivity contribution in [2.24, 2.45) is 0 Å². The van der Waals surface area contributed by atoms with Crippen molar-refractivity contribution in [3.63, 3.8) is 0 Å². The largest absolute Gasteiger partial charge is 0.427 e. The van der Waals surface area contributed by atoms with E-state index < -0.39 is 18.0 Å². The molecule has 0 amide bonds. The molecule has 136 valence electrons. The number of fused-ring (bicyclic) bond motifs is 1. The first-order chi connectivity index (χ1) is 12.7. The maximum Gasteiger partial charge on any atom is 0.427 e. The van der Waals surface area contributed by atoms with E-state index in [-0.39, 0.29) is 5.56 Å². The van der Waals surface area contributed by atoms with Gasteiger partial charge in [-0.1, -0.05) is 18.2 Å². The zero-order valence-corrected chi connectivity index (χ0v) is 14.3. The van der Waals surface area contributed by atoms with Crippen LogP contribution in [0.2, 0.25) is 0 Å². The summed E-state index contributed by atoms with van der Waals surface area (Å²) in [7, 11) is 0. The van der Waals surface area contributed by atoms with E-state index in [2.05, 4.69) is 0 Å². The van der Waals surface area contributed by atoms with E-state index in [1.54, 1.807) is 24.3 Å². The minimum Gasteiger partial charge on any atom is -0.410 e. The fourth-order valence-electron chi connectivity index (χ4n) is 3.66. The van der Waals surface area contributed by atoms with Crippen LogP contribution in [0.5, 0.6) is 5.75 Å². The summed E-state index contributed by atoms with van der Waals surface area (Å²) < 4.78 is 13.1. The van der Waals surface area contributed by atoms with Crippen molar-refractivity contribution >= 4 is 6.09 Å². The van der Waals surface area contributed by atoms with Gasteiger partial charge < -0.3 is 9.47 Å². The Morgan fingerprint density at radius 1 is 1.08 bits per heavy atom. The van der Waals surface area contributed by atoms with Crippen LogP contribution in [-0.2, 0) is 17.6 Å². The summed E-state index contributed by atoms with van der Waals surface area (Å²) >= 11 is 0. The molecule has 2 heterocycles. The first-order valence-electron chi connectivity index (χ1n) is 8.95. The Bertz CT molecular complexity index is 939. The van der Waals surface area contributed by atoms with E-state index in [0.29, 0.717) is 42.9 Å². The lowest BCUT2D eigenvalue weighted by atomic mass is 10.2. The van der Waals surface area contributed by atoms with Crippen LogP contribution in [0, 0.1) is 0 Å². The third-order valence-corrected chi connectivity index (χ3v) is 4.91. The highest BCUT2D eigenvalue weighted by Gasteiger charge is 2.30. The van der Waals surface area contributed by atoms with Gasteiger partial charge in [0.05, 0.1) is 0 Å². The SMILES string of the molecule is O=C(Oc1ccccc1)n1c2c(c(=O)n(C3CCCCO3)c1=O)CCC2. The fourth-order valence-corrected chi connectivity index (χ4v) is 3.66. The van der Waals surface area contributed by atoms with Gasteiger partial charge in [0.2, 0.25) is 0 Å². The molecule has 1 aliphatic carbocycles. The molecule has 7 nitrogen and oxygen atoms in total. The molecule has 1 atom stereocenters. The van der Waals surface area contributed by atoms with Crippen LogP contribution in [0.1, 0.15) is 43.2 Å². The number of carbonyl (C=O) groups excluding carboxylic acids is 1. The monoisotopic (exact) mass is 356 g/mol. The molecule has 0 spiro atoms. The Balaban J connectivity index is 1.81. The first-order valence-corrected chi connectivity index (χ1v) is 8.95. The molecule has 0 N–H and O–H groups in total. The minimum absolute atomic E-state index is 0.335. The van der Waals surface area contributed by atoms with Gasteiger partial charge in [0.25, 0.3) is 5.56 Å². The summed E-state index contributed by atoms with van der Waals surface area (Å²) in [5, 5.41) is 0. The van der Waals surface area contributed by atoms with Crippen molar-refractivity contribution < 1.29 is 14.3 Å². The third kappa shape index (κ3) is 2.88. The number of ether oxygens (including phenoxy) is 2. The van der Waals surface area contributed by atoms with Gasteiger partial charge in [-0.3, -0.25) is 4.79 Å². The van der Waals surface area contributed by atoms with Crippen molar-refractivity contribution in [3.05, 3.63) is 62.4 Å². The average Bonchev–Trinajstić information content (AvgIpc) is 3.13. The van der Waals surface area contributed by atoms with Crippen LogP contribution in [0.3, 0.4) is 0 Å². The number of benzene rings is 1. The summed E-state index contributed by atoms with van der Waals surface area (Å²) in [6.07, 6.45) is 2.76. The molecule has 1 aliphatic heterocycles. The number of rotatable bonds is 2. The second-order valence-electron chi connectivity index (χ2n) is 6.57. The molecule has 0 bridgehead atoms. The summed E-state index contributed by atoms with van der Waals surface area (Å²) in [5.74, 6) is 0.350. The highest BCUT2D eigenvalue weighted by Crippen LogP contribution is 2.23. The lowest BCUT2D eigenvalue weighted by Gasteiger charge is -2.25. The van der Waals surface area contributed by atoms with Crippen molar-refractivity contribution in [1.82, 2.24) is 9.13 Å². The van der Waals surface area contributed by atoms with E-state index in [9.17, 15) is 14.4 Å². The highest BCUT2D eigenvalue weighted by atomic mass is 16.6. The number of carbonyl (C=O) groups is 1. The molecule has 2 aromatic rings. The van der Waals surface area contributed by atoms with Gasteiger partial charge in [0.15, 0.2) is 0 Å². The van der Waals surface area contributed by atoms with Crippen molar-refractivity contribution in [2.45, 2.75) is 44.8 Å². The molecule has 4 rings (SSSR count). The van der Waals surface area contributed by atoms with Crippen molar-refractivity contribution in [2.75, 3.05) is 6.61 Å². The molecule has 1 aromatic carbocycles. The molecular formula is C19H20N2O5. The smallest absolute Gasteiger partial charge is 0.410 e. The Labute approximate surface area is 149 Å². The second-order valence-corrected chi connectivity index (χ2v) is 6.57. The molecule has 0 saturated carbocycles. The van der Waals surface area contributed by atoms with E-state index in [1.807, 2.05) is 6.07 Å². The molecule has 1 aromatic heterocycles. The highest BCUT2D eigenvalue weighted by molar-refractivity contribution is 5.74. The van der Waals surface area contributed by atoms with Gasteiger partial charge in [0, 0.05) is 17.9 Å². The predicted molar refractivity (Wildman–Crippen MR) is 93.7 cm³/mol. The van der Waals surface area contributed by atoms with Crippen LogP contribution in [0.25, 0.3) is 0 Å². The standard InChI is InChI=1S/C19H20N2O5/c22-17-14-9-6-10-15(14)20(19(24)26-13-7-2-1-3-8-13)18(23)21(17)16-11-4-5-12-25-16/h1-3,7-8,16H,4-6,9-12H2. The minimum atomic E-state index is -0.788. The summed E-state index contributed by atoms with van der Waals surface area (Å²) in [5.41, 5.74) is -0.0292. The average molecular weight is 356 g/mol. The predicted octanol–water partition coefficient (Wildman–Crippen LogP) is 2.24. The van der Waals surface area contributed by atoms with Crippen LogP contribution in [-0.4, -0.2) is 21.8 Å². The lowest BCUT2D eigenvalue weighted by molar-refractivity contribution is -0.0374. The van der Waals surface area contributed by atoms with Crippen molar-refractivity contribution in [1.29, 1.82) is 0 Å². The normalized spacial score (nSPS) is 19.2. The summed E-state index contributed by atoms with van der Waals surface area (Å²) in [4.78, 5) is 38.6. The Morgan fingerprint density at radius 2 is 1.88 bits per heavy atom. The quantitative estimate of drug-likeness (QED) is 0.824. The van der Waals surface area contributed by atoms with E-state index in [4.69, 9.17) is 9.47 Å². The van der Waals surface area contributed by atoms with Gasteiger partial charge in [-0.2, -0.15) is 4.57 Å². The topological polar surface area (TPSA) is 79.5 Å². The fraction of sp³-hybridized carbons (Fsp3) is 0.421. The zero-order valence-electron chi connectivity index (χ0n) is 14.3. The van der Waals surface area contributed by atoms with Gasteiger partial charge in [-0.15, -0.1) is 0 Å². The van der Waals surface area contributed by atoms with Gasteiger partial charge in [0.1, 0.15) is 12.0 Å². The Morgan fingerprint density at radius 3 is 2.62 bits per heavy atom. The summed E-state index contributed by atoms with van der Waals surface area (Å²) in [6, 6.07) is 8.58. The van der Waals surface area contributed by atoms with Crippen LogP contribution < -0.4 is 16.0 Å². The van der Waals surface area contributed by atoms with Gasteiger partial charge in [-0.05, 0) is 50.7 Å². The second kappa shape index (κ2) is 6.92. The lowest BCUT2D eigenvalue weighted by Crippen LogP contribution is -2.48. The van der Waals surface area contributed by atoms with E-state index in [1.165, 1.54) is 0 Å². The number of aromatic nitrogens is 2. The molecule has 0 radical (unpaired) electrons. The van der Waals surface area contributed by atoms with Gasteiger partial charge >= 0.3 is 11.8 Å². The van der Waals surface area contributed by atoms with Gasteiger partial charge in [-0.25, -0.2) is 14.2 Å². The third-order valence-electron chi connectivity index (χ3n) is 4.91. The van der Waals surface area contributed by atoms with E-state index >= 15 is 0 Å². The molecule has 1 unspecified atom stereocenters. The number of hydrogen-bond donors (Lipinski definition) is 0. The maximum absolute atomic E-state index is 13.0. The molecule has 1 fully saturated rings. The zero-order chi connectivity index (χ0) is 18.1. The number of para-hydroxylation sites is 1. The molecular weight excluding hydrogens is 336 g/mol. The van der Waals surface area contributed by atoms with Crippen LogP contribution in [0.15, 0.2) is 39.9 Å². The number of hydrogen-bond acceptors (Lipinski definition) is 5. The Hall–Kier alpha value is -2.67. The van der Waals surface area contributed by atoms with Crippen LogP contribution >= 0.6 is 0 Å².